The zero-order valence-corrected chi connectivity index (χ0v) is 26.7. The number of carbonyl (C=O) groups excluding carboxylic acids is 1. The molecule has 3 atom stereocenters. The Morgan fingerprint density at radius 3 is 2.36 bits per heavy atom. The first kappa shape index (κ1) is 34.2. The molecule has 0 spiro atoms. The molecule has 1 aliphatic rings. The molecule has 1 fully saturated rings. The summed E-state index contributed by atoms with van der Waals surface area (Å²) >= 11 is 0. The van der Waals surface area contributed by atoms with Gasteiger partial charge in [0.2, 0.25) is 0 Å². The number of likely N-dealkylation sites (tertiary alicyclic amines) is 1. The molecule has 2 heterocycles. The van der Waals surface area contributed by atoms with E-state index in [0.29, 0.717) is 56.1 Å². The number of aryl methyl sites for hydroxylation is 1. The van der Waals surface area contributed by atoms with Crippen LogP contribution in [0.4, 0.5) is 13.6 Å². The number of aromatic nitrogens is 2. The van der Waals surface area contributed by atoms with Crippen LogP contribution in [-0.2, 0) is 20.8 Å². The Morgan fingerprint density at radius 1 is 1.12 bits per heavy atom. The number of halogens is 2. The predicted molar refractivity (Wildman–Crippen MR) is 158 cm³/mol. The molecule has 1 aromatic heterocycles. The average molecular weight is 597 g/mol. The molecule has 42 heavy (non-hydrogen) atoms. The summed E-state index contributed by atoms with van der Waals surface area (Å²) in [5.41, 5.74) is -0.884. The largest absolute Gasteiger partial charge is 0.444 e. The first-order chi connectivity index (χ1) is 19.6. The number of hydrogen-bond acceptors (Lipinski definition) is 7. The molecule has 1 saturated heterocycles. The molecule has 1 N–H and O–H groups in total. The van der Waals surface area contributed by atoms with E-state index >= 15 is 0 Å². The smallest absolute Gasteiger partial charge is 0.410 e. The summed E-state index contributed by atoms with van der Waals surface area (Å²) in [6.45, 7) is 15.6. The van der Waals surface area contributed by atoms with Gasteiger partial charge in [0.1, 0.15) is 5.60 Å². The van der Waals surface area contributed by atoms with E-state index in [9.17, 15) is 18.7 Å². The standard InChI is InChI=1S/C31H50F2N4O5/c1-20(2)17-37(22-14-21(31(6,7)39)18-35(19-22)29(38)42-30(3,4)5)28(41-9)27-34-25-15-23(32)24(33)16-26(25)36(27)12-10-11-13-40-8/h15-16,20-22,28,39H,10-14,17-19H2,1-9H3/t21-,22+,28?/m1/s1. The van der Waals surface area contributed by atoms with Crippen molar-refractivity contribution in [3.05, 3.63) is 29.6 Å². The highest BCUT2D eigenvalue weighted by Gasteiger charge is 2.43. The third kappa shape index (κ3) is 8.61. The summed E-state index contributed by atoms with van der Waals surface area (Å²) in [7, 11) is 3.24. The van der Waals surface area contributed by atoms with Crippen LogP contribution >= 0.6 is 0 Å². The van der Waals surface area contributed by atoms with E-state index in [1.165, 1.54) is 6.07 Å². The zero-order valence-electron chi connectivity index (χ0n) is 26.7. The van der Waals surface area contributed by atoms with Gasteiger partial charge < -0.3 is 28.8 Å². The monoisotopic (exact) mass is 596 g/mol. The number of imidazole rings is 1. The fourth-order valence-corrected chi connectivity index (χ4v) is 5.63. The molecule has 0 saturated carbocycles. The lowest BCUT2D eigenvalue weighted by molar-refractivity contribution is -0.106. The van der Waals surface area contributed by atoms with Crippen LogP contribution in [0.1, 0.15) is 79.8 Å². The molecular formula is C31H50F2N4O5. The highest BCUT2D eigenvalue weighted by atomic mass is 19.2. The van der Waals surface area contributed by atoms with Crippen LogP contribution in [0.2, 0.25) is 0 Å². The maximum atomic E-state index is 14.4. The topological polar surface area (TPSA) is 89.3 Å². The third-order valence-corrected chi connectivity index (χ3v) is 7.67. The van der Waals surface area contributed by atoms with Gasteiger partial charge in [0.15, 0.2) is 23.7 Å². The van der Waals surface area contributed by atoms with E-state index in [1.54, 1.807) is 33.0 Å². The van der Waals surface area contributed by atoms with Crippen molar-refractivity contribution < 1.29 is 32.9 Å². The number of rotatable bonds is 12. The Kier molecular flexibility index (Phi) is 11.4. The van der Waals surface area contributed by atoms with Crippen molar-refractivity contribution >= 4 is 17.1 Å². The van der Waals surface area contributed by atoms with Crippen LogP contribution in [0.5, 0.6) is 0 Å². The van der Waals surface area contributed by atoms with Crippen molar-refractivity contribution in [3.8, 4) is 0 Å². The Hall–Kier alpha value is -2.34. The van der Waals surface area contributed by atoms with E-state index in [0.717, 1.165) is 18.9 Å². The summed E-state index contributed by atoms with van der Waals surface area (Å²) in [6, 6.07) is 2.09. The van der Waals surface area contributed by atoms with Crippen LogP contribution in [-0.4, -0.2) is 88.3 Å². The number of amides is 1. The van der Waals surface area contributed by atoms with Crippen LogP contribution in [0.3, 0.4) is 0 Å². The highest BCUT2D eigenvalue weighted by molar-refractivity contribution is 5.76. The van der Waals surface area contributed by atoms with Crippen molar-refractivity contribution in [2.45, 2.75) is 97.7 Å². The number of nitrogens with zero attached hydrogens (tertiary/aromatic N) is 4. The number of piperidine rings is 1. The number of methoxy groups -OCH3 is 2. The van der Waals surface area contributed by atoms with E-state index in [1.807, 2.05) is 25.3 Å². The van der Waals surface area contributed by atoms with Crippen LogP contribution in [0.15, 0.2) is 12.1 Å². The van der Waals surface area contributed by atoms with Gasteiger partial charge in [0.05, 0.1) is 16.6 Å². The SMILES string of the molecule is COCCCCn1c(C(OC)N(CC(C)C)[C@H]2C[C@@H](C(C)(C)O)CN(C(=O)OC(C)(C)C)C2)nc2cc(F)c(F)cc21. The first-order valence-corrected chi connectivity index (χ1v) is 14.9. The molecule has 0 bridgehead atoms. The minimum Gasteiger partial charge on any atom is -0.444 e. The van der Waals surface area contributed by atoms with Crippen molar-refractivity contribution in [1.29, 1.82) is 0 Å². The Labute approximate surface area is 249 Å². The van der Waals surface area contributed by atoms with Gasteiger partial charge in [-0.25, -0.2) is 18.6 Å². The maximum Gasteiger partial charge on any atom is 0.410 e. The Morgan fingerprint density at radius 2 is 1.79 bits per heavy atom. The average Bonchev–Trinajstić information content (AvgIpc) is 3.21. The van der Waals surface area contributed by atoms with Gasteiger partial charge in [-0.15, -0.1) is 0 Å². The van der Waals surface area contributed by atoms with Crippen molar-refractivity contribution in [2.24, 2.45) is 11.8 Å². The van der Waals surface area contributed by atoms with Gasteiger partial charge in [-0.05, 0) is 59.8 Å². The summed E-state index contributed by atoms with van der Waals surface area (Å²) in [4.78, 5) is 21.9. The number of unbranched alkanes of at least 4 members (excludes halogenated alkanes) is 1. The van der Waals surface area contributed by atoms with E-state index in [2.05, 4.69) is 18.7 Å². The zero-order chi connectivity index (χ0) is 31.4. The number of fused-ring (bicyclic) bond motifs is 1. The molecule has 1 unspecified atom stereocenters. The molecule has 11 heteroatoms. The second kappa shape index (κ2) is 14.0. The number of benzene rings is 1. The van der Waals surface area contributed by atoms with Crippen LogP contribution < -0.4 is 0 Å². The normalized spacial score (nSPS) is 19.2. The molecular weight excluding hydrogens is 546 g/mol. The van der Waals surface area contributed by atoms with Crippen LogP contribution in [0.25, 0.3) is 11.0 Å². The number of hydrogen-bond donors (Lipinski definition) is 1. The van der Waals surface area contributed by atoms with Gasteiger partial charge in [0.25, 0.3) is 0 Å². The number of aliphatic hydroxyl groups is 1. The summed E-state index contributed by atoms with van der Waals surface area (Å²) < 4.78 is 47.7. The second-order valence-corrected chi connectivity index (χ2v) is 13.4. The first-order valence-electron chi connectivity index (χ1n) is 14.9. The number of carbonyl (C=O) groups is 1. The van der Waals surface area contributed by atoms with E-state index < -0.39 is 35.2 Å². The van der Waals surface area contributed by atoms with E-state index in [-0.39, 0.29) is 17.9 Å². The molecule has 0 aliphatic carbocycles. The summed E-state index contributed by atoms with van der Waals surface area (Å²) in [6.07, 6.45) is 1.01. The van der Waals surface area contributed by atoms with Gasteiger partial charge in [0, 0.05) is 71.1 Å². The summed E-state index contributed by atoms with van der Waals surface area (Å²) in [5, 5.41) is 11.1. The minimum absolute atomic E-state index is 0.217. The molecule has 1 amide bonds. The quantitative estimate of drug-likeness (QED) is 0.247. The van der Waals surface area contributed by atoms with Crippen molar-refractivity contribution in [2.75, 3.05) is 40.5 Å². The van der Waals surface area contributed by atoms with Crippen molar-refractivity contribution in [3.63, 3.8) is 0 Å². The van der Waals surface area contributed by atoms with Gasteiger partial charge in [-0.1, -0.05) is 13.8 Å². The second-order valence-electron chi connectivity index (χ2n) is 13.4. The lowest BCUT2D eigenvalue weighted by Crippen LogP contribution is -2.58. The Balaban J connectivity index is 2.09. The molecule has 3 rings (SSSR count). The molecule has 1 aliphatic heterocycles. The lowest BCUT2D eigenvalue weighted by Gasteiger charge is -2.47. The molecule has 0 radical (unpaired) electrons. The molecule has 9 nitrogen and oxygen atoms in total. The summed E-state index contributed by atoms with van der Waals surface area (Å²) in [5.74, 6) is -1.38. The van der Waals surface area contributed by atoms with Gasteiger partial charge >= 0.3 is 6.09 Å². The highest BCUT2D eigenvalue weighted by Crippen LogP contribution is 2.36. The van der Waals surface area contributed by atoms with Gasteiger partial charge in [-0.3, -0.25) is 4.90 Å². The fourth-order valence-electron chi connectivity index (χ4n) is 5.63. The van der Waals surface area contributed by atoms with Gasteiger partial charge in [-0.2, -0.15) is 0 Å². The molecule has 238 valence electrons. The Bertz CT molecular complexity index is 1190. The molecule has 2 aromatic rings. The van der Waals surface area contributed by atoms with Crippen LogP contribution in [0, 0.1) is 23.5 Å². The number of ether oxygens (including phenoxy) is 3. The maximum absolute atomic E-state index is 14.4. The fraction of sp³-hybridized carbons (Fsp3) is 0.742. The molecule has 1 aromatic carbocycles. The lowest BCUT2D eigenvalue weighted by atomic mass is 9.81. The van der Waals surface area contributed by atoms with E-state index in [4.69, 9.17) is 19.2 Å². The third-order valence-electron chi connectivity index (χ3n) is 7.67. The predicted octanol–water partition coefficient (Wildman–Crippen LogP) is 5.74. The van der Waals surface area contributed by atoms with Crippen molar-refractivity contribution in [1.82, 2.24) is 19.4 Å². The minimum atomic E-state index is -1.05.